The molecule has 0 radical (unpaired) electrons. The minimum absolute atomic E-state index is 0.128. The van der Waals surface area contributed by atoms with Gasteiger partial charge in [-0.05, 0) is 44.1 Å². The average molecular weight is 403 g/mol. The summed E-state index contributed by atoms with van der Waals surface area (Å²) in [5.41, 5.74) is 0.923. The molecule has 0 aromatic carbocycles. The van der Waals surface area contributed by atoms with Crippen molar-refractivity contribution in [1.29, 1.82) is 0 Å². The lowest BCUT2D eigenvalue weighted by Gasteiger charge is -2.22. The number of carbonyl (C=O) groups excluding carboxylic acids is 2. The Hall–Kier alpha value is -2.22. The number of urea groups is 1. The smallest absolute Gasteiger partial charge is 0.321 e. The minimum Gasteiger partial charge on any atom is -0.335 e. The second-order valence-corrected chi connectivity index (χ2v) is 8.86. The van der Waals surface area contributed by atoms with Crippen molar-refractivity contribution in [3.05, 3.63) is 27.1 Å². The first-order chi connectivity index (χ1) is 13.6. The Morgan fingerprint density at radius 1 is 1.11 bits per heavy atom. The molecule has 8 heteroatoms. The SMILES string of the molecule is O=C(Cn1cnc2sc3c(c2c1=O)CCCCC3)NC(=O)NC1CCCCC1. The number of amides is 3. The summed E-state index contributed by atoms with van der Waals surface area (Å²) < 4.78 is 1.31. The van der Waals surface area contributed by atoms with Gasteiger partial charge in [-0.3, -0.25) is 19.5 Å². The van der Waals surface area contributed by atoms with Crippen LogP contribution in [0.15, 0.2) is 11.1 Å². The van der Waals surface area contributed by atoms with Crippen LogP contribution in [0.25, 0.3) is 10.2 Å². The monoisotopic (exact) mass is 402 g/mol. The molecule has 150 valence electrons. The Balaban J connectivity index is 1.46. The van der Waals surface area contributed by atoms with Gasteiger partial charge in [0.1, 0.15) is 11.4 Å². The maximum Gasteiger partial charge on any atom is 0.321 e. The van der Waals surface area contributed by atoms with Gasteiger partial charge in [0.2, 0.25) is 5.91 Å². The predicted molar refractivity (Wildman–Crippen MR) is 109 cm³/mol. The fourth-order valence-corrected chi connectivity index (χ4v) is 5.48. The number of imide groups is 1. The quantitative estimate of drug-likeness (QED) is 0.772. The Labute approximate surface area is 167 Å². The fourth-order valence-electron chi connectivity index (χ4n) is 4.26. The molecule has 2 aromatic rings. The van der Waals surface area contributed by atoms with Crippen molar-refractivity contribution in [2.45, 2.75) is 76.8 Å². The van der Waals surface area contributed by atoms with Crippen LogP contribution < -0.4 is 16.2 Å². The lowest BCUT2D eigenvalue weighted by atomic mass is 9.96. The highest BCUT2D eigenvalue weighted by Crippen LogP contribution is 2.32. The zero-order valence-electron chi connectivity index (χ0n) is 16.0. The largest absolute Gasteiger partial charge is 0.335 e. The first-order valence-electron chi connectivity index (χ1n) is 10.2. The van der Waals surface area contributed by atoms with E-state index in [4.69, 9.17) is 0 Å². The molecule has 2 aliphatic carbocycles. The van der Waals surface area contributed by atoms with Gasteiger partial charge in [0.25, 0.3) is 5.56 Å². The molecular weight excluding hydrogens is 376 g/mol. The maximum atomic E-state index is 13.0. The topological polar surface area (TPSA) is 93.1 Å². The Bertz CT molecular complexity index is 943. The third-order valence-corrected chi connectivity index (χ3v) is 6.90. The van der Waals surface area contributed by atoms with E-state index in [-0.39, 0.29) is 18.1 Å². The molecule has 2 N–H and O–H groups in total. The van der Waals surface area contributed by atoms with Crippen molar-refractivity contribution < 1.29 is 9.59 Å². The molecule has 28 heavy (non-hydrogen) atoms. The van der Waals surface area contributed by atoms with Gasteiger partial charge >= 0.3 is 6.03 Å². The second-order valence-electron chi connectivity index (χ2n) is 7.78. The first-order valence-corrected chi connectivity index (χ1v) is 11.0. The second kappa shape index (κ2) is 8.43. The molecule has 2 aliphatic rings. The van der Waals surface area contributed by atoms with Gasteiger partial charge in [0.05, 0.1) is 11.7 Å². The molecule has 0 bridgehead atoms. The highest BCUT2D eigenvalue weighted by Gasteiger charge is 2.21. The molecule has 0 unspecified atom stereocenters. The van der Waals surface area contributed by atoms with Crippen molar-refractivity contribution in [3.63, 3.8) is 0 Å². The predicted octanol–water partition coefficient (Wildman–Crippen LogP) is 2.89. The van der Waals surface area contributed by atoms with E-state index < -0.39 is 11.9 Å². The summed E-state index contributed by atoms with van der Waals surface area (Å²) in [4.78, 5) is 43.7. The number of nitrogens with one attached hydrogen (secondary N) is 2. The Morgan fingerprint density at radius 2 is 1.86 bits per heavy atom. The number of fused-ring (bicyclic) bond motifs is 3. The number of hydrogen-bond donors (Lipinski definition) is 2. The fraction of sp³-hybridized carbons (Fsp3) is 0.600. The van der Waals surface area contributed by atoms with Crippen molar-refractivity contribution >= 4 is 33.5 Å². The molecule has 7 nitrogen and oxygen atoms in total. The van der Waals surface area contributed by atoms with E-state index in [0.717, 1.165) is 61.8 Å². The zero-order chi connectivity index (χ0) is 19.5. The van der Waals surface area contributed by atoms with Crippen molar-refractivity contribution in [2.75, 3.05) is 0 Å². The van der Waals surface area contributed by atoms with E-state index in [0.29, 0.717) is 5.39 Å². The van der Waals surface area contributed by atoms with Gasteiger partial charge in [-0.15, -0.1) is 11.3 Å². The normalized spacial score (nSPS) is 17.7. The van der Waals surface area contributed by atoms with Gasteiger partial charge in [-0.2, -0.15) is 0 Å². The summed E-state index contributed by atoms with van der Waals surface area (Å²) in [5.74, 6) is -0.502. The summed E-state index contributed by atoms with van der Waals surface area (Å²) >= 11 is 1.60. The van der Waals surface area contributed by atoms with E-state index in [2.05, 4.69) is 15.6 Å². The Kier molecular flexibility index (Phi) is 5.75. The molecule has 0 saturated heterocycles. The van der Waals surface area contributed by atoms with Crippen LogP contribution in [0, 0.1) is 0 Å². The maximum absolute atomic E-state index is 13.0. The zero-order valence-corrected chi connectivity index (χ0v) is 16.8. The van der Waals surface area contributed by atoms with Crippen LogP contribution in [0.4, 0.5) is 4.79 Å². The number of aromatic nitrogens is 2. The van der Waals surface area contributed by atoms with E-state index >= 15 is 0 Å². The van der Waals surface area contributed by atoms with Crippen LogP contribution >= 0.6 is 11.3 Å². The van der Waals surface area contributed by atoms with Crippen LogP contribution in [-0.4, -0.2) is 27.5 Å². The molecule has 2 heterocycles. The van der Waals surface area contributed by atoms with Crippen molar-refractivity contribution in [2.24, 2.45) is 0 Å². The van der Waals surface area contributed by atoms with Gasteiger partial charge in [0.15, 0.2) is 0 Å². The van der Waals surface area contributed by atoms with Crippen LogP contribution in [0.3, 0.4) is 0 Å². The highest BCUT2D eigenvalue weighted by molar-refractivity contribution is 7.18. The molecule has 0 spiro atoms. The van der Waals surface area contributed by atoms with Crippen molar-refractivity contribution in [1.82, 2.24) is 20.2 Å². The summed E-state index contributed by atoms with van der Waals surface area (Å²) in [5, 5.41) is 5.85. The van der Waals surface area contributed by atoms with Crippen molar-refractivity contribution in [3.8, 4) is 0 Å². The average Bonchev–Trinajstić information content (AvgIpc) is 2.87. The van der Waals surface area contributed by atoms with E-state index in [1.54, 1.807) is 11.3 Å². The number of carbonyl (C=O) groups is 2. The molecule has 1 fully saturated rings. The Morgan fingerprint density at radius 3 is 2.68 bits per heavy atom. The van der Waals surface area contributed by atoms with E-state index in [1.807, 2.05) is 0 Å². The summed E-state index contributed by atoms with van der Waals surface area (Å²) in [6.45, 7) is -0.204. The summed E-state index contributed by atoms with van der Waals surface area (Å²) in [6.07, 6.45) is 12.0. The van der Waals surface area contributed by atoms with Gasteiger partial charge in [0, 0.05) is 10.9 Å². The summed E-state index contributed by atoms with van der Waals surface area (Å²) in [6, 6.07) is -0.355. The first kappa shape index (κ1) is 19.1. The minimum atomic E-state index is -0.502. The number of nitrogens with zero attached hydrogens (tertiary/aromatic N) is 2. The van der Waals surface area contributed by atoms with Gasteiger partial charge < -0.3 is 5.32 Å². The number of thiophene rings is 1. The number of aryl methyl sites for hydroxylation is 2. The van der Waals surface area contributed by atoms with Crippen LogP contribution in [0.1, 0.15) is 61.8 Å². The van der Waals surface area contributed by atoms with Crippen LogP contribution in [0.2, 0.25) is 0 Å². The van der Waals surface area contributed by atoms with E-state index in [9.17, 15) is 14.4 Å². The number of rotatable bonds is 3. The highest BCUT2D eigenvalue weighted by atomic mass is 32.1. The van der Waals surface area contributed by atoms with Crippen LogP contribution in [0.5, 0.6) is 0 Å². The van der Waals surface area contributed by atoms with E-state index in [1.165, 1.54) is 28.6 Å². The van der Waals surface area contributed by atoms with Gasteiger partial charge in [-0.1, -0.05) is 25.7 Å². The standard InChI is InChI=1S/C20H26N4O3S/c25-16(23-20(27)22-13-7-3-1-4-8-13)11-24-12-21-18-17(19(24)26)14-9-5-2-6-10-15(14)28-18/h12-13H,1-11H2,(H2,22,23,25,27). The lowest BCUT2D eigenvalue weighted by molar-refractivity contribution is -0.120. The molecule has 0 atom stereocenters. The van der Waals surface area contributed by atoms with Crippen LogP contribution in [-0.2, 0) is 24.2 Å². The molecule has 0 aliphatic heterocycles. The number of hydrogen-bond acceptors (Lipinski definition) is 5. The third-order valence-electron chi connectivity index (χ3n) is 5.70. The molecule has 4 rings (SSSR count). The summed E-state index contributed by atoms with van der Waals surface area (Å²) in [7, 11) is 0. The molecule has 2 aromatic heterocycles. The lowest BCUT2D eigenvalue weighted by Crippen LogP contribution is -2.46. The molecular formula is C20H26N4O3S. The molecule has 3 amide bonds. The molecule has 1 saturated carbocycles. The van der Waals surface area contributed by atoms with Gasteiger partial charge in [-0.25, -0.2) is 9.78 Å². The third kappa shape index (κ3) is 4.11.